The number of benzene rings is 2. The molecule has 1 N–H and O–H groups in total. The molecule has 1 aliphatic rings. The predicted molar refractivity (Wildman–Crippen MR) is 122 cm³/mol. The van der Waals surface area contributed by atoms with Gasteiger partial charge in [0.1, 0.15) is 0 Å². The molecule has 1 aromatic heterocycles. The van der Waals surface area contributed by atoms with Crippen LogP contribution >= 0.6 is 0 Å². The maximum atomic E-state index is 12.4. The average Bonchev–Trinajstić information content (AvgIpc) is 3.34. The maximum Gasteiger partial charge on any atom is 0.308 e. The van der Waals surface area contributed by atoms with Gasteiger partial charge in [0.15, 0.2) is 11.5 Å². The van der Waals surface area contributed by atoms with Gasteiger partial charge in [0.2, 0.25) is 5.89 Å². The number of aromatic nitrogens is 2. The molecule has 0 spiro atoms. The van der Waals surface area contributed by atoms with Crippen LogP contribution in [0.3, 0.4) is 0 Å². The van der Waals surface area contributed by atoms with Gasteiger partial charge in [0, 0.05) is 37.9 Å². The monoisotopic (exact) mass is 466 g/mol. The van der Waals surface area contributed by atoms with Crippen molar-refractivity contribution in [3.05, 3.63) is 59.5 Å². The molecule has 4 rings (SSSR count). The van der Waals surface area contributed by atoms with Crippen LogP contribution in [-0.2, 0) is 11.2 Å². The molecular weight excluding hydrogens is 440 g/mol. The first-order valence-corrected chi connectivity index (χ1v) is 10.8. The van der Waals surface area contributed by atoms with E-state index in [2.05, 4.69) is 15.5 Å². The van der Waals surface area contributed by atoms with Crippen LogP contribution in [0.5, 0.6) is 11.5 Å². The van der Waals surface area contributed by atoms with Gasteiger partial charge in [0.25, 0.3) is 5.91 Å². The van der Waals surface area contributed by atoms with Gasteiger partial charge >= 0.3 is 11.8 Å². The van der Waals surface area contributed by atoms with E-state index in [4.69, 9.17) is 18.6 Å². The molecule has 2 amide bonds. The van der Waals surface area contributed by atoms with E-state index in [1.165, 1.54) is 7.11 Å². The molecule has 2 heterocycles. The average molecular weight is 466 g/mol. The van der Waals surface area contributed by atoms with Gasteiger partial charge in [-0.1, -0.05) is 12.1 Å². The van der Waals surface area contributed by atoms with E-state index in [0.29, 0.717) is 48.7 Å². The van der Waals surface area contributed by atoms with Crippen LogP contribution in [0.1, 0.15) is 26.6 Å². The Balaban J connectivity index is 1.28. The summed E-state index contributed by atoms with van der Waals surface area (Å²) in [5, 5.41) is 10.6. The molecule has 0 aliphatic carbocycles. The summed E-state index contributed by atoms with van der Waals surface area (Å²) in [5.41, 5.74) is 2.23. The summed E-state index contributed by atoms with van der Waals surface area (Å²) >= 11 is 0. The van der Waals surface area contributed by atoms with Crippen LogP contribution < -0.4 is 14.8 Å². The fraction of sp³-hybridized carbons (Fsp3) is 0.333. The molecule has 0 saturated carbocycles. The van der Waals surface area contributed by atoms with Crippen molar-refractivity contribution < 1.29 is 28.2 Å². The molecule has 1 fully saturated rings. The van der Waals surface area contributed by atoms with E-state index in [1.54, 1.807) is 49.5 Å². The largest absolute Gasteiger partial charge is 0.493 e. The van der Waals surface area contributed by atoms with Crippen LogP contribution in [0.4, 0.5) is 0 Å². The van der Waals surface area contributed by atoms with Crippen molar-refractivity contribution in [1.29, 1.82) is 0 Å². The van der Waals surface area contributed by atoms with Crippen molar-refractivity contribution in [1.82, 2.24) is 20.4 Å². The minimum atomic E-state index is -0.462. The Morgan fingerprint density at radius 3 is 2.44 bits per heavy atom. The van der Waals surface area contributed by atoms with Gasteiger partial charge in [0.05, 0.1) is 20.3 Å². The molecule has 0 bridgehead atoms. The second kappa shape index (κ2) is 10.3. The standard InChI is InChI=1S/C24H26N4O6/c1-31-18-13-28(14-18)24(30)16-6-4-15(5-7-16)10-11-25-21(29)23-27-26-22(34-23)17-8-9-19(32-2)20(12-17)33-3/h4-9,12,18H,10-11,13-14H2,1-3H3,(H,25,29). The van der Waals surface area contributed by atoms with Gasteiger partial charge in [-0.05, 0) is 42.3 Å². The van der Waals surface area contributed by atoms with Gasteiger partial charge in [-0.2, -0.15) is 0 Å². The molecular formula is C24H26N4O6. The molecule has 0 unspecified atom stereocenters. The summed E-state index contributed by atoms with van der Waals surface area (Å²) in [4.78, 5) is 26.6. The van der Waals surface area contributed by atoms with Gasteiger partial charge < -0.3 is 28.8 Å². The number of likely N-dealkylation sites (tertiary alicyclic amines) is 1. The second-order valence-corrected chi connectivity index (χ2v) is 7.75. The van der Waals surface area contributed by atoms with Crippen LogP contribution in [0.2, 0.25) is 0 Å². The first-order chi connectivity index (χ1) is 16.5. The smallest absolute Gasteiger partial charge is 0.308 e. The summed E-state index contributed by atoms with van der Waals surface area (Å²) < 4.78 is 21.2. The van der Waals surface area contributed by atoms with Gasteiger partial charge in [-0.3, -0.25) is 9.59 Å². The minimum absolute atomic E-state index is 0.00479. The van der Waals surface area contributed by atoms with Crippen LogP contribution in [0, 0.1) is 0 Å². The highest BCUT2D eigenvalue weighted by atomic mass is 16.5. The summed E-state index contributed by atoms with van der Waals surface area (Å²) in [5.74, 6) is 0.689. The van der Waals surface area contributed by atoms with Crippen molar-refractivity contribution in [2.75, 3.05) is 41.0 Å². The molecule has 10 nitrogen and oxygen atoms in total. The van der Waals surface area contributed by atoms with Crippen molar-refractivity contribution in [2.45, 2.75) is 12.5 Å². The molecule has 34 heavy (non-hydrogen) atoms. The van der Waals surface area contributed by atoms with Crippen molar-refractivity contribution in [2.24, 2.45) is 0 Å². The first kappa shape index (κ1) is 23.2. The summed E-state index contributed by atoms with van der Waals surface area (Å²) in [6, 6.07) is 12.5. The molecule has 0 atom stereocenters. The zero-order chi connectivity index (χ0) is 24.1. The minimum Gasteiger partial charge on any atom is -0.493 e. The molecule has 3 aromatic rings. The highest BCUT2D eigenvalue weighted by molar-refractivity contribution is 5.94. The number of nitrogens with one attached hydrogen (secondary N) is 1. The first-order valence-electron chi connectivity index (χ1n) is 10.8. The Kier molecular flexibility index (Phi) is 7.07. The molecule has 1 saturated heterocycles. The van der Waals surface area contributed by atoms with E-state index in [9.17, 15) is 9.59 Å². The van der Waals surface area contributed by atoms with Crippen LogP contribution in [-0.4, -0.2) is 74.0 Å². The third-order valence-electron chi connectivity index (χ3n) is 5.62. The highest BCUT2D eigenvalue weighted by Gasteiger charge is 2.30. The third kappa shape index (κ3) is 5.01. The van der Waals surface area contributed by atoms with E-state index >= 15 is 0 Å². The Labute approximate surface area is 196 Å². The van der Waals surface area contributed by atoms with E-state index in [-0.39, 0.29) is 23.8 Å². The Hall–Kier alpha value is -3.92. The SMILES string of the molecule is COc1ccc(-c2nnc(C(=O)NCCc3ccc(C(=O)N4CC(OC)C4)cc3)o2)cc1OC. The lowest BCUT2D eigenvalue weighted by Gasteiger charge is -2.38. The van der Waals surface area contributed by atoms with E-state index in [1.807, 2.05) is 12.1 Å². The van der Waals surface area contributed by atoms with Crippen LogP contribution in [0.15, 0.2) is 46.9 Å². The number of methoxy groups -OCH3 is 3. The van der Waals surface area contributed by atoms with E-state index < -0.39 is 5.91 Å². The molecule has 178 valence electrons. The molecule has 10 heteroatoms. The number of carbonyl (C=O) groups excluding carboxylic acids is 2. The maximum absolute atomic E-state index is 12.4. The summed E-state index contributed by atoms with van der Waals surface area (Å²) in [6.07, 6.45) is 0.715. The molecule has 1 aliphatic heterocycles. The zero-order valence-electron chi connectivity index (χ0n) is 19.2. The fourth-order valence-corrected chi connectivity index (χ4v) is 3.55. The number of carbonyl (C=O) groups is 2. The number of hydrogen-bond acceptors (Lipinski definition) is 8. The Bertz CT molecular complexity index is 1150. The third-order valence-corrected chi connectivity index (χ3v) is 5.62. The zero-order valence-corrected chi connectivity index (χ0v) is 19.2. The van der Waals surface area contributed by atoms with Gasteiger partial charge in [-0.15, -0.1) is 10.2 Å². The highest BCUT2D eigenvalue weighted by Crippen LogP contribution is 2.31. The number of ether oxygens (including phenoxy) is 3. The van der Waals surface area contributed by atoms with Gasteiger partial charge in [-0.25, -0.2) is 0 Å². The number of rotatable bonds is 9. The normalized spacial score (nSPS) is 13.3. The Morgan fingerprint density at radius 1 is 1.03 bits per heavy atom. The quantitative estimate of drug-likeness (QED) is 0.510. The van der Waals surface area contributed by atoms with Crippen molar-refractivity contribution in [3.8, 4) is 23.0 Å². The second-order valence-electron chi connectivity index (χ2n) is 7.75. The topological polar surface area (TPSA) is 116 Å². The number of nitrogens with zero attached hydrogens (tertiary/aromatic N) is 3. The Morgan fingerprint density at radius 2 is 1.76 bits per heavy atom. The lowest BCUT2D eigenvalue weighted by molar-refractivity contribution is -0.0191. The fourth-order valence-electron chi connectivity index (χ4n) is 3.55. The molecule has 0 radical (unpaired) electrons. The number of amides is 2. The summed E-state index contributed by atoms with van der Waals surface area (Å²) in [7, 11) is 4.73. The van der Waals surface area contributed by atoms with Crippen molar-refractivity contribution in [3.63, 3.8) is 0 Å². The van der Waals surface area contributed by atoms with Crippen molar-refractivity contribution >= 4 is 11.8 Å². The molecule has 2 aromatic carbocycles. The summed E-state index contributed by atoms with van der Waals surface area (Å²) in [6.45, 7) is 1.61. The van der Waals surface area contributed by atoms with E-state index in [0.717, 1.165) is 5.56 Å². The number of hydrogen-bond donors (Lipinski definition) is 1. The predicted octanol–water partition coefficient (Wildman–Crippen LogP) is 2.20. The van der Waals surface area contributed by atoms with Crippen LogP contribution in [0.25, 0.3) is 11.5 Å². The lowest BCUT2D eigenvalue weighted by Crippen LogP contribution is -2.54. The lowest BCUT2D eigenvalue weighted by atomic mass is 10.1.